The number of hydrogen-bond acceptors (Lipinski definition) is 4. The lowest BCUT2D eigenvalue weighted by atomic mass is 9.78. The molecule has 0 N–H and O–H groups in total. The Morgan fingerprint density at radius 1 is 0.960 bits per heavy atom. The number of rotatable bonds is 5. The number of aryl methyl sites for hydroxylation is 1. The third-order valence-corrected chi connectivity index (χ3v) is 6.24. The van der Waals surface area contributed by atoms with Crippen molar-refractivity contribution in [1.82, 2.24) is 4.90 Å². The summed E-state index contributed by atoms with van der Waals surface area (Å²) in [5.74, 6) is 0.506. The molecule has 4 nitrogen and oxygen atoms in total. The van der Waals surface area contributed by atoms with Gasteiger partial charge in [0.25, 0.3) is 0 Å². The van der Waals surface area contributed by atoms with Crippen LogP contribution in [-0.4, -0.2) is 56.2 Å². The fourth-order valence-electron chi connectivity index (χ4n) is 4.84. The lowest BCUT2D eigenvalue weighted by Gasteiger charge is -2.43. The molecule has 1 atom stereocenters. The van der Waals surface area contributed by atoms with Gasteiger partial charge in [0.1, 0.15) is 0 Å². The predicted molar refractivity (Wildman–Crippen MR) is 97.5 cm³/mol. The van der Waals surface area contributed by atoms with E-state index in [1.807, 2.05) is 0 Å². The van der Waals surface area contributed by atoms with Gasteiger partial charge >= 0.3 is 0 Å². The Balaban J connectivity index is 1.40. The number of morpholine rings is 1. The minimum Gasteiger partial charge on any atom is -0.379 e. The Hall–Kier alpha value is -0.940. The summed E-state index contributed by atoms with van der Waals surface area (Å²) < 4.78 is 17.5. The van der Waals surface area contributed by atoms with Gasteiger partial charge < -0.3 is 14.2 Å². The normalized spacial score (nSPS) is 26.1. The van der Waals surface area contributed by atoms with Gasteiger partial charge in [0.2, 0.25) is 0 Å². The summed E-state index contributed by atoms with van der Waals surface area (Å²) in [6.07, 6.45) is 6.96. The maximum atomic E-state index is 5.93. The lowest BCUT2D eigenvalue weighted by molar-refractivity contribution is -0.186. The molecular weight excluding hydrogens is 314 g/mol. The zero-order valence-electron chi connectivity index (χ0n) is 15.2. The first-order valence-electron chi connectivity index (χ1n) is 9.98. The van der Waals surface area contributed by atoms with E-state index in [-0.39, 0.29) is 5.79 Å². The van der Waals surface area contributed by atoms with Crippen LogP contribution < -0.4 is 0 Å². The van der Waals surface area contributed by atoms with Gasteiger partial charge in [-0.1, -0.05) is 30.3 Å². The molecule has 0 bridgehead atoms. The van der Waals surface area contributed by atoms with Crippen molar-refractivity contribution >= 4 is 0 Å². The largest absolute Gasteiger partial charge is 0.379 e. The minimum absolute atomic E-state index is 0.245. The Labute approximate surface area is 151 Å². The van der Waals surface area contributed by atoms with Crippen LogP contribution in [0.25, 0.3) is 0 Å². The van der Waals surface area contributed by atoms with Crippen molar-refractivity contribution in [2.45, 2.75) is 50.4 Å². The molecule has 25 heavy (non-hydrogen) atoms. The predicted octanol–water partition coefficient (Wildman–Crippen LogP) is 3.25. The molecule has 0 amide bonds. The summed E-state index contributed by atoms with van der Waals surface area (Å²) in [4.78, 5) is 2.69. The first kappa shape index (κ1) is 17.5. The van der Waals surface area contributed by atoms with E-state index in [1.165, 1.54) is 24.8 Å². The molecule has 0 aromatic heterocycles. The Kier molecular flexibility index (Phi) is 5.71. The summed E-state index contributed by atoms with van der Waals surface area (Å²) in [7, 11) is 0. The molecule has 1 aliphatic carbocycles. The molecule has 1 aromatic rings. The van der Waals surface area contributed by atoms with E-state index in [0.29, 0.717) is 6.04 Å². The molecule has 4 heteroatoms. The van der Waals surface area contributed by atoms with Crippen molar-refractivity contribution in [1.29, 1.82) is 0 Å². The van der Waals surface area contributed by atoms with E-state index >= 15 is 0 Å². The van der Waals surface area contributed by atoms with Crippen molar-refractivity contribution in [3.8, 4) is 0 Å². The number of benzene rings is 1. The second kappa shape index (κ2) is 8.17. The highest BCUT2D eigenvalue weighted by molar-refractivity contribution is 5.15. The second-order valence-corrected chi connectivity index (χ2v) is 7.68. The molecule has 4 rings (SSSR count). The van der Waals surface area contributed by atoms with Gasteiger partial charge in [0.15, 0.2) is 5.79 Å². The maximum Gasteiger partial charge on any atom is 0.168 e. The molecule has 1 unspecified atom stereocenters. The van der Waals surface area contributed by atoms with E-state index < -0.39 is 0 Å². The summed E-state index contributed by atoms with van der Waals surface area (Å²) in [6, 6.07) is 11.6. The van der Waals surface area contributed by atoms with Gasteiger partial charge in [-0.05, 0) is 37.2 Å². The van der Waals surface area contributed by atoms with Crippen LogP contribution in [0.3, 0.4) is 0 Å². The molecule has 2 saturated heterocycles. The molecule has 2 heterocycles. The number of nitrogens with zero attached hydrogens (tertiary/aromatic N) is 1. The Morgan fingerprint density at radius 3 is 2.32 bits per heavy atom. The van der Waals surface area contributed by atoms with Crippen molar-refractivity contribution in [2.24, 2.45) is 5.92 Å². The summed E-state index contributed by atoms with van der Waals surface area (Å²) in [6.45, 7) is 5.45. The van der Waals surface area contributed by atoms with E-state index in [0.717, 1.165) is 64.7 Å². The Morgan fingerprint density at radius 2 is 1.64 bits per heavy atom. The van der Waals surface area contributed by atoms with Crippen LogP contribution in [0, 0.1) is 5.92 Å². The van der Waals surface area contributed by atoms with Crippen molar-refractivity contribution in [3.05, 3.63) is 35.9 Å². The van der Waals surface area contributed by atoms with E-state index in [9.17, 15) is 0 Å². The van der Waals surface area contributed by atoms with Crippen LogP contribution in [0.5, 0.6) is 0 Å². The van der Waals surface area contributed by atoms with Gasteiger partial charge in [-0.15, -0.1) is 0 Å². The fraction of sp³-hybridized carbons (Fsp3) is 0.714. The third kappa shape index (κ3) is 4.25. The molecule has 1 aromatic carbocycles. The standard InChI is InChI=1S/C21H31NO3/c1-2-4-18(5-3-1)6-7-20(22-12-14-23-15-13-22)19-8-10-21(11-9-19)24-16-17-25-21/h1-5,19-20H,6-17H2. The van der Waals surface area contributed by atoms with E-state index in [2.05, 4.69) is 35.2 Å². The topological polar surface area (TPSA) is 30.9 Å². The summed E-state index contributed by atoms with van der Waals surface area (Å²) in [5.41, 5.74) is 1.45. The zero-order valence-corrected chi connectivity index (χ0v) is 15.2. The average molecular weight is 345 g/mol. The van der Waals surface area contributed by atoms with Crippen LogP contribution in [0.4, 0.5) is 0 Å². The fourth-order valence-corrected chi connectivity index (χ4v) is 4.84. The van der Waals surface area contributed by atoms with Crippen molar-refractivity contribution < 1.29 is 14.2 Å². The smallest absolute Gasteiger partial charge is 0.168 e. The van der Waals surface area contributed by atoms with Crippen molar-refractivity contribution in [2.75, 3.05) is 39.5 Å². The van der Waals surface area contributed by atoms with Crippen LogP contribution in [0.2, 0.25) is 0 Å². The maximum absolute atomic E-state index is 5.93. The van der Waals surface area contributed by atoms with Gasteiger partial charge in [-0.3, -0.25) is 4.90 Å². The van der Waals surface area contributed by atoms with E-state index in [4.69, 9.17) is 14.2 Å². The van der Waals surface area contributed by atoms with Crippen molar-refractivity contribution in [3.63, 3.8) is 0 Å². The monoisotopic (exact) mass is 345 g/mol. The highest BCUT2D eigenvalue weighted by atomic mass is 16.7. The molecule has 2 aliphatic heterocycles. The van der Waals surface area contributed by atoms with Gasteiger partial charge in [-0.2, -0.15) is 0 Å². The van der Waals surface area contributed by atoms with Gasteiger partial charge in [0, 0.05) is 32.0 Å². The molecule has 0 radical (unpaired) electrons. The molecule has 1 spiro atoms. The average Bonchev–Trinajstić information content (AvgIpc) is 3.13. The van der Waals surface area contributed by atoms with Crippen LogP contribution >= 0.6 is 0 Å². The highest BCUT2D eigenvalue weighted by Gasteiger charge is 2.42. The van der Waals surface area contributed by atoms with Crippen LogP contribution in [0.15, 0.2) is 30.3 Å². The molecular formula is C21H31NO3. The molecule has 3 fully saturated rings. The number of hydrogen-bond donors (Lipinski definition) is 0. The lowest BCUT2D eigenvalue weighted by Crippen LogP contribution is -2.49. The minimum atomic E-state index is -0.245. The van der Waals surface area contributed by atoms with Gasteiger partial charge in [-0.25, -0.2) is 0 Å². The Bertz CT molecular complexity index is 513. The zero-order chi connectivity index (χ0) is 17.0. The quantitative estimate of drug-likeness (QED) is 0.820. The number of ether oxygens (including phenoxy) is 3. The molecule has 138 valence electrons. The highest BCUT2D eigenvalue weighted by Crippen LogP contribution is 2.41. The van der Waals surface area contributed by atoms with Crippen LogP contribution in [-0.2, 0) is 20.6 Å². The van der Waals surface area contributed by atoms with Crippen LogP contribution in [0.1, 0.15) is 37.7 Å². The van der Waals surface area contributed by atoms with Gasteiger partial charge in [0.05, 0.1) is 26.4 Å². The SMILES string of the molecule is c1ccc(CCC(C2CCC3(CC2)OCCO3)N2CCOCC2)cc1. The first-order chi connectivity index (χ1) is 12.3. The third-order valence-electron chi connectivity index (χ3n) is 6.24. The summed E-state index contributed by atoms with van der Waals surface area (Å²) >= 11 is 0. The summed E-state index contributed by atoms with van der Waals surface area (Å²) in [5, 5.41) is 0. The van der Waals surface area contributed by atoms with E-state index in [1.54, 1.807) is 0 Å². The molecule has 1 saturated carbocycles. The molecule has 3 aliphatic rings. The first-order valence-corrected chi connectivity index (χ1v) is 9.98. The second-order valence-electron chi connectivity index (χ2n) is 7.68.